The second-order valence-electron chi connectivity index (χ2n) is 5.54. The Morgan fingerprint density at radius 1 is 1.08 bits per heavy atom. The van der Waals surface area contributed by atoms with Gasteiger partial charge in [0.1, 0.15) is 5.75 Å². The number of aromatic nitrogens is 2. The highest BCUT2D eigenvalue weighted by Crippen LogP contribution is 2.25. The highest BCUT2D eigenvalue weighted by molar-refractivity contribution is 6.07. The van der Waals surface area contributed by atoms with Gasteiger partial charge in [-0.3, -0.25) is 19.1 Å². The van der Waals surface area contributed by atoms with Gasteiger partial charge in [0.25, 0.3) is 11.5 Å². The molecule has 24 heavy (non-hydrogen) atoms. The molecule has 0 bridgehead atoms. The normalized spacial score (nSPS) is 13.1. The molecular weight excluding hydrogens is 306 g/mol. The number of carbonyl (C=O) groups is 1. The number of anilines is 1. The summed E-state index contributed by atoms with van der Waals surface area (Å²) in [4.78, 5) is 31.6. The molecule has 0 atom stereocenters. The van der Waals surface area contributed by atoms with Gasteiger partial charge in [0.15, 0.2) is 0 Å². The van der Waals surface area contributed by atoms with Crippen molar-refractivity contribution >= 4 is 22.8 Å². The Balaban J connectivity index is 1.84. The number of carbonyl (C=O) groups excluding carboxylic acids is 1. The van der Waals surface area contributed by atoms with Crippen LogP contribution in [0.25, 0.3) is 10.9 Å². The summed E-state index contributed by atoms with van der Waals surface area (Å²) in [6.45, 7) is 0.850. The van der Waals surface area contributed by atoms with Crippen LogP contribution < -0.4 is 15.2 Å². The average Bonchev–Trinajstić information content (AvgIpc) is 3.05. The molecule has 0 fully saturated rings. The Morgan fingerprint density at radius 3 is 2.67 bits per heavy atom. The van der Waals surface area contributed by atoms with E-state index >= 15 is 0 Å². The van der Waals surface area contributed by atoms with E-state index < -0.39 is 0 Å². The third kappa shape index (κ3) is 2.07. The quantitative estimate of drug-likeness (QED) is 0.725. The molecule has 1 amide bonds. The minimum atomic E-state index is -0.221. The van der Waals surface area contributed by atoms with Crippen LogP contribution in [0.2, 0.25) is 0 Å². The maximum atomic E-state index is 12.9. The van der Waals surface area contributed by atoms with E-state index in [9.17, 15) is 9.59 Å². The van der Waals surface area contributed by atoms with Crippen molar-refractivity contribution in [2.45, 2.75) is 6.54 Å². The number of amides is 1. The lowest BCUT2D eigenvalue weighted by atomic mass is 10.2. The van der Waals surface area contributed by atoms with E-state index in [0.717, 1.165) is 0 Å². The third-order valence-electron chi connectivity index (χ3n) is 4.21. The molecule has 1 aliphatic heterocycles. The van der Waals surface area contributed by atoms with Gasteiger partial charge in [-0.05, 0) is 24.3 Å². The zero-order chi connectivity index (χ0) is 16.7. The molecule has 4 rings (SSSR count). The zero-order valence-electron chi connectivity index (χ0n) is 13.1. The maximum absolute atomic E-state index is 12.9. The Labute approximate surface area is 137 Å². The third-order valence-corrected chi connectivity index (χ3v) is 4.21. The van der Waals surface area contributed by atoms with Crippen molar-refractivity contribution < 1.29 is 9.53 Å². The van der Waals surface area contributed by atoms with E-state index in [1.54, 1.807) is 34.9 Å². The van der Waals surface area contributed by atoms with Crippen molar-refractivity contribution in [1.82, 2.24) is 9.55 Å². The van der Waals surface area contributed by atoms with Gasteiger partial charge >= 0.3 is 0 Å². The van der Waals surface area contributed by atoms with Crippen molar-refractivity contribution in [3.63, 3.8) is 0 Å². The molecule has 120 valence electrons. The first-order valence-electron chi connectivity index (χ1n) is 7.65. The summed E-state index contributed by atoms with van der Waals surface area (Å²) in [6.07, 6.45) is 0. The number of rotatable bonds is 2. The predicted molar refractivity (Wildman–Crippen MR) is 90.7 cm³/mol. The monoisotopic (exact) mass is 321 g/mol. The Morgan fingerprint density at radius 2 is 1.83 bits per heavy atom. The van der Waals surface area contributed by atoms with Crippen LogP contribution >= 0.6 is 0 Å². The number of ether oxygens (including phenoxy) is 1. The van der Waals surface area contributed by atoms with Gasteiger partial charge in [-0.15, -0.1) is 0 Å². The molecular formula is C18H15N3O3. The van der Waals surface area contributed by atoms with Gasteiger partial charge in [-0.1, -0.05) is 24.3 Å². The van der Waals surface area contributed by atoms with Crippen LogP contribution in [-0.4, -0.2) is 29.1 Å². The van der Waals surface area contributed by atoms with Crippen molar-refractivity contribution in [3.8, 4) is 5.75 Å². The van der Waals surface area contributed by atoms with Crippen LogP contribution in [0.5, 0.6) is 5.75 Å². The number of hydrogen-bond acceptors (Lipinski definition) is 4. The average molecular weight is 321 g/mol. The molecule has 0 N–H and O–H groups in total. The van der Waals surface area contributed by atoms with E-state index in [4.69, 9.17) is 4.74 Å². The van der Waals surface area contributed by atoms with E-state index in [1.165, 1.54) is 12.0 Å². The molecule has 2 heterocycles. The summed E-state index contributed by atoms with van der Waals surface area (Å²) >= 11 is 0. The number of para-hydroxylation sites is 2. The number of benzene rings is 2. The Kier molecular flexibility index (Phi) is 3.30. The van der Waals surface area contributed by atoms with Crippen LogP contribution in [0.15, 0.2) is 53.3 Å². The molecule has 0 spiro atoms. The Hall–Kier alpha value is -3.15. The van der Waals surface area contributed by atoms with Crippen LogP contribution in [0.3, 0.4) is 0 Å². The van der Waals surface area contributed by atoms with Crippen molar-refractivity contribution in [3.05, 3.63) is 64.4 Å². The van der Waals surface area contributed by atoms with Gasteiger partial charge in [-0.2, -0.15) is 0 Å². The second-order valence-corrected chi connectivity index (χ2v) is 5.54. The molecule has 3 aromatic rings. The van der Waals surface area contributed by atoms with Gasteiger partial charge < -0.3 is 4.74 Å². The van der Waals surface area contributed by atoms with E-state index in [1.807, 2.05) is 18.2 Å². The first-order chi connectivity index (χ1) is 11.7. The zero-order valence-corrected chi connectivity index (χ0v) is 13.1. The van der Waals surface area contributed by atoms with Gasteiger partial charge in [0.05, 0.1) is 23.6 Å². The highest BCUT2D eigenvalue weighted by atomic mass is 16.5. The molecule has 0 aliphatic carbocycles. The first kappa shape index (κ1) is 14.4. The molecule has 0 saturated carbocycles. The van der Waals surface area contributed by atoms with Crippen molar-refractivity contribution in [1.29, 1.82) is 0 Å². The second kappa shape index (κ2) is 5.49. The van der Waals surface area contributed by atoms with Crippen LogP contribution in [0.4, 0.5) is 5.95 Å². The fourth-order valence-electron chi connectivity index (χ4n) is 3.02. The van der Waals surface area contributed by atoms with E-state index in [2.05, 4.69) is 4.98 Å². The lowest BCUT2D eigenvalue weighted by Crippen LogP contribution is -2.30. The molecule has 0 radical (unpaired) electrons. The molecule has 6 nitrogen and oxygen atoms in total. The number of nitrogens with zero attached hydrogens (tertiary/aromatic N) is 3. The molecule has 1 aromatic heterocycles. The predicted octanol–water partition coefficient (Wildman–Crippen LogP) is 2.07. The van der Waals surface area contributed by atoms with Gasteiger partial charge in [0.2, 0.25) is 5.95 Å². The summed E-state index contributed by atoms with van der Waals surface area (Å²) < 4.78 is 6.82. The van der Waals surface area contributed by atoms with Crippen molar-refractivity contribution in [2.75, 3.05) is 18.6 Å². The molecule has 2 aromatic carbocycles. The minimum Gasteiger partial charge on any atom is -0.496 e. The molecule has 6 heteroatoms. The molecule has 0 unspecified atom stereocenters. The SMILES string of the molecule is COc1ccccc1C(=O)N1CCn2c1nc1ccccc1c2=O. The number of fused-ring (bicyclic) bond motifs is 2. The lowest BCUT2D eigenvalue weighted by Gasteiger charge is -2.17. The summed E-state index contributed by atoms with van der Waals surface area (Å²) in [5.74, 6) is 0.666. The standard InChI is InChI=1S/C18H15N3O3/c1-24-15-9-5-3-7-13(15)17(23)21-11-10-20-16(22)12-6-2-4-8-14(12)19-18(20)21/h2-9H,10-11H2,1H3. The topological polar surface area (TPSA) is 64.4 Å². The maximum Gasteiger partial charge on any atom is 0.264 e. The highest BCUT2D eigenvalue weighted by Gasteiger charge is 2.30. The summed E-state index contributed by atoms with van der Waals surface area (Å²) in [5.41, 5.74) is 0.926. The fourth-order valence-corrected chi connectivity index (χ4v) is 3.02. The largest absolute Gasteiger partial charge is 0.496 e. The summed E-state index contributed by atoms with van der Waals surface area (Å²) in [6, 6.07) is 14.2. The summed E-state index contributed by atoms with van der Waals surface area (Å²) in [7, 11) is 1.53. The smallest absolute Gasteiger partial charge is 0.264 e. The Bertz CT molecular complexity index is 1010. The number of hydrogen-bond donors (Lipinski definition) is 0. The first-order valence-corrected chi connectivity index (χ1v) is 7.65. The van der Waals surface area contributed by atoms with E-state index in [0.29, 0.717) is 41.3 Å². The molecule has 1 aliphatic rings. The van der Waals surface area contributed by atoms with Crippen LogP contribution in [-0.2, 0) is 6.54 Å². The summed E-state index contributed by atoms with van der Waals surface area (Å²) in [5, 5.41) is 0.563. The van der Waals surface area contributed by atoms with Gasteiger partial charge in [0, 0.05) is 13.1 Å². The molecule has 0 saturated heterocycles. The van der Waals surface area contributed by atoms with Gasteiger partial charge in [-0.25, -0.2) is 4.98 Å². The van der Waals surface area contributed by atoms with Crippen LogP contribution in [0.1, 0.15) is 10.4 Å². The van der Waals surface area contributed by atoms with Crippen molar-refractivity contribution in [2.24, 2.45) is 0 Å². The lowest BCUT2D eigenvalue weighted by molar-refractivity contribution is 0.0986. The van der Waals surface area contributed by atoms with E-state index in [-0.39, 0.29) is 11.5 Å². The van der Waals surface area contributed by atoms with Crippen LogP contribution in [0, 0.1) is 0 Å². The minimum absolute atomic E-state index is 0.120. The fraction of sp³-hybridized carbons (Fsp3) is 0.167. The number of methoxy groups -OCH3 is 1.